The summed E-state index contributed by atoms with van der Waals surface area (Å²) < 4.78 is 6.21. The van der Waals surface area contributed by atoms with Crippen LogP contribution in [-0.2, 0) is 0 Å². The lowest BCUT2D eigenvalue weighted by atomic mass is 10.1. The molecule has 0 aliphatic rings. The van der Waals surface area contributed by atoms with Gasteiger partial charge in [0.2, 0.25) is 0 Å². The molecule has 2 aromatic rings. The Morgan fingerprint density at radius 3 is 2.89 bits per heavy atom. The van der Waals surface area contributed by atoms with E-state index in [-0.39, 0.29) is 5.38 Å². The SMILES string of the molecule is CCCC(Cl)c1noc(-c2ccc(C)cc2Br)n1. The predicted octanol–water partition coefficient (Wildman–Crippen LogP) is 4.89. The van der Waals surface area contributed by atoms with Crippen LogP contribution in [0, 0.1) is 6.92 Å². The third kappa shape index (κ3) is 2.93. The van der Waals surface area contributed by atoms with Crippen LogP contribution in [0.3, 0.4) is 0 Å². The van der Waals surface area contributed by atoms with Crippen molar-refractivity contribution in [3.05, 3.63) is 34.1 Å². The summed E-state index contributed by atoms with van der Waals surface area (Å²) in [5.41, 5.74) is 2.06. The van der Waals surface area contributed by atoms with Gasteiger partial charge in [0.1, 0.15) is 0 Å². The monoisotopic (exact) mass is 328 g/mol. The molecule has 3 nitrogen and oxygen atoms in total. The highest BCUT2D eigenvalue weighted by molar-refractivity contribution is 9.10. The number of aromatic nitrogens is 2. The third-order valence-electron chi connectivity index (χ3n) is 2.62. The molecule has 5 heteroatoms. The van der Waals surface area contributed by atoms with Gasteiger partial charge in [-0.3, -0.25) is 0 Å². The van der Waals surface area contributed by atoms with Crippen molar-refractivity contribution in [3.63, 3.8) is 0 Å². The Morgan fingerprint density at radius 2 is 2.22 bits per heavy atom. The van der Waals surface area contributed by atoms with Crippen LogP contribution < -0.4 is 0 Å². The summed E-state index contributed by atoms with van der Waals surface area (Å²) in [6.07, 6.45) is 1.84. The molecular weight excluding hydrogens is 316 g/mol. The van der Waals surface area contributed by atoms with Gasteiger partial charge in [-0.15, -0.1) is 11.6 Å². The molecule has 0 aliphatic heterocycles. The zero-order valence-corrected chi connectivity index (χ0v) is 12.6. The number of nitrogens with zero attached hydrogens (tertiary/aromatic N) is 2. The van der Waals surface area contributed by atoms with Gasteiger partial charge in [0, 0.05) is 4.47 Å². The van der Waals surface area contributed by atoms with E-state index in [9.17, 15) is 0 Å². The van der Waals surface area contributed by atoms with Gasteiger partial charge >= 0.3 is 0 Å². The molecule has 1 unspecified atom stereocenters. The topological polar surface area (TPSA) is 38.9 Å². The number of hydrogen-bond acceptors (Lipinski definition) is 3. The Labute approximate surface area is 120 Å². The molecule has 0 N–H and O–H groups in total. The highest BCUT2D eigenvalue weighted by atomic mass is 79.9. The first kappa shape index (κ1) is 13.6. The van der Waals surface area contributed by atoms with Crippen molar-refractivity contribution >= 4 is 27.5 Å². The smallest absolute Gasteiger partial charge is 0.259 e. The molecular formula is C13H14BrClN2O. The van der Waals surface area contributed by atoms with Gasteiger partial charge in [-0.1, -0.05) is 24.6 Å². The quantitative estimate of drug-likeness (QED) is 0.750. The largest absolute Gasteiger partial charge is 0.334 e. The minimum Gasteiger partial charge on any atom is -0.334 e. The number of alkyl halides is 1. The molecule has 0 fully saturated rings. The maximum absolute atomic E-state index is 6.18. The fourth-order valence-electron chi connectivity index (χ4n) is 1.65. The third-order valence-corrected chi connectivity index (χ3v) is 3.69. The fraction of sp³-hybridized carbons (Fsp3) is 0.385. The summed E-state index contributed by atoms with van der Waals surface area (Å²) in [6, 6.07) is 5.98. The Hall–Kier alpha value is -0.870. The molecule has 1 heterocycles. The Balaban J connectivity index is 2.29. The lowest BCUT2D eigenvalue weighted by Gasteiger charge is -2.01. The van der Waals surface area contributed by atoms with Crippen molar-refractivity contribution in [2.24, 2.45) is 0 Å². The second-order valence-electron chi connectivity index (χ2n) is 4.20. The second kappa shape index (κ2) is 5.85. The average Bonchev–Trinajstić information content (AvgIpc) is 2.78. The minimum atomic E-state index is -0.184. The lowest BCUT2D eigenvalue weighted by Crippen LogP contribution is -1.92. The molecule has 96 valence electrons. The highest BCUT2D eigenvalue weighted by Crippen LogP contribution is 2.30. The van der Waals surface area contributed by atoms with E-state index in [4.69, 9.17) is 16.1 Å². The Bertz CT molecular complexity index is 542. The van der Waals surface area contributed by atoms with Crippen LogP contribution in [0.4, 0.5) is 0 Å². The van der Waals surface area contributed by atoms with E-state index in [1.807, 2.05) is 25.1 Å². The molecule has 0 saturated carbocycles. The predicted molar refractivity (Wildman–Crippen MR) is 75.7 cm³/mol. The van der Waals surface area contributed by atoms with Gasteiger partial charge in [0.05, 0.1) is 10.9 Å². The van der Waals surface area contributed by atoms with E-state index < -0.39 is 0 Å². The summed E-state index contributed by atoms with van der Waals surface area (Å²) in [5, 5.41) is 3.75. The summed E-state index contributed by atoms with van der Waals surface area (Å²) in [7, 11) is 0. The van der Waals surface area contributed by atoms with Crippen molar-refractivity contribution < 1.29 is 4.52 Å². The summed E-state index contributed by atoms with van der Waals surface area (Å²) in [6.45, 7) is 4.11. The summed E-state index contributed by atoms with van der Waals surface area (Å²) in [4.78, 5) is 4.35. The Morgan fingerprint density at radius 1 is 1.44 bits per heavy atom. The molecule has 0 saturated heterocycles. The zero-order chi connectivity index (χ0) is 13.1. The molecule has 1 atom stereocenters. The lowest BCUT2D eigenvalue weighted by molar-refractivity contribution is 0.420. The maximum atomic E-state index is 6.18. The number of aryl methyl sites for hydroxylation is 1. The van der Waals surface area contributed by atoms with E-state index in [0.29, 0.717) is 11.7 Å². The van der Waals surface area contributed by atoms with Crippen LogP contribution in [-0.4, -0.2) is 10.1 Å². The van der Waals surface area contributed by atoms with Crippen molar-refractivity contribution in [3.8, 4) is 11.5 Å². The van der Waals surface area contributed by atoms with Crippen molar-refractivity contribution in [2.45, 2.75) is 32.1 Å². The summed E-state index contributed by atoms with van der Waals surface area (Å²) >= 11 is 9.68. The zero-order valence-electron chi connectivity index (χ0n) is 10.3. The van der Waals surface area contributed by atoms with Gasteiger partial charge in [0.15, 0.2) is 5.82 Å². The van der Waals surface area contributed by atoms with Crippen LogP contribution in [0.5, 0.6) is 0 Å². The fourth-order valence-corrected chi connectivity index (χ4v) is 2.62. The molecule has 0 spiro atoms. The van der Waals surface area contributed by atoms with Crippen LogP contribution in [0.15, 0.2) is 27.2 Å². The molecule has 1 aromatic carbocycles. The number of benzene rings is 1. The van der Waals surface area contributed by atoms with Gasteiger partial charge in [0.25, 0.3) is 5.89 Å². The van der Waals surface area contributed by atoms with Gasteiger partial charge in [-0.2, -0.15) is 4.98 Å². The van der Waals surface area contributed by atoms with Crippen molar-refractivity contribution in [1.29, 1.82) is 0 Å². The van der Waals surface area contributed by atoms with Gasteiger partial charge < -0.3 is 4.52 Å². The average molecular weight is 330 g/mol. The first-order valence-corrected chi connectivity index (χ1v) is 7.09. The molecule has 0 radical (unpaired) electrons. The van der Waals surface area contributed by atoms with Crippen LogP contribution >= 0.6 is 27.5 Å². The summed E-state index contributed by atoms with van der Waals surface area (Å²) in [5.74, 6) is 1.06. The number of rotatable bonds is 4. The Kier molecular flexibility index (Phi) is 4.40. The molecule has 18 heavy (non-hydrogen) atoms. The number of hydrogen-bond donors (Lipinski definition) is 0. The van der Waals surface area contributed by atoms with E-state index >= 15 is 0 Å². The first-order chi connectivity index (χ1) is 8.61. The van der Waals surface area contributed by atoms with Crippen molar-refractivity contribution in [2.75, 3.05) is 0 Å². The molecule has 0 aliphatic carbocycles. The highest BCUT2D eigenvalue weighted by Gasteiger charge is 2.17. The van der Waals surface area contributed by atoms with Crippen LogP contribution in [0.25, 0.3) is 11.5 Å². The maximum Gasteiger partial charge on any atom is 0.259 e. The molecule has 1 aromatic heterocycles. The van der Waals surface area contributed by atoms with Crippen LogP contribution in [0.1, 0.15) is 36.5 Å². The van der Waals surface area contributed by atoms with E-state index in [1.54, 1.807) is 0 Å². The van der Waals surface area contributed by atoms with Crippen molar-refractivity contribution in [1.82, 2.24) is 10.1 Å². The molecule has 2 rings (SSSR count). The molecule has 0 bridgehead atoms. The van der Waals surface area contributed by atoms with E-state index in [1.165, 1.54) is 5.56 Å². The van der Waals surface area contributed by atoms with Crippen LogP contribution in [0.2, 0.25) is 0 Å². The van der Waals surface area contributed by atoms with E-state index in [0.717, 1.165) is 22.9 Å². The van der Waals surface area contributed by atoms with Gasteiger partial charge in [-0.25, -0.2) is 0 Å². The molecule has 0 amide bonds. The first-order valence-electron chi connectivity index (χ1n) is 5.86. The standard InChI is InChI=1S/C13H14BrClN2O/c1-3-4-11(15)12-16-13(18-17-12)9-6-5-8(2)7-10(9)14/h5-7,11H,3-4H2,1-2H3. The van der Waals surface area contributed by atoms with E-state index in [2.05, 4.69) is 33.0 Å². The van der Waals surface area contributed by atoms with Gasteiger partial charge in [-0.05, 0) is 47.0 Å². The second-order valence-corrected chi connectivity index (χ2v) is 5.58. The minimum absolute atomic E-state index is 0.184. The normalized spacial score (nSPS) is 12.7. The number of halogens is 2.